The Labute approximate surface area is 151 Å². The molecule has 0 spiro atoms. The number of halogens is 2. The van der Waals surface area contributed by atoms with E-state index < -0.39 is 41.3 Å². The highest BCUT2D eigenvalue weighted by Crippen LogP contribution is 2.28. The Morgan fingerprint density at radius 3 is 2.62 bits per heavy atom. The number of thiazole rings is 1. The van der Waals surface area contributed by atoms with Crippen LogP contribution in [0.2, 0.25) is 0 Å². The molecule has 2 unspecified atom stereocenters. The first-order valence-electron chi connectivity index (χ1n) is 7.80. The summed E-state index contributed by atoms with van der Waals surface area (Å²) in [5, 5.41) is 11.1. The minimum absolute atomic E-state index is 0.0715. The second kappa shape index (κ2) is 7.34. The number of aromatic nitrogens is 1. The maximum absolute atomic E-state index is 14.1. The van der Waals surface area contributed by atoms with Crippen molar-refractivity contribution in [2.45, 2.75) is 18.5 Å². The van der Waals surface area contributed by atoms with Crippen LogP contribution in [0.1, 0.15) is 16.8 Å². The zero-order valence-corrected chi connectivity index (χ0v) is 14.3. The molecule has 0 bridgehead atoms. The number of carboxylic acid groups (broad SMARTS) is 1. The van der Waals surface area contributed by atoms with Crippen LogP contribution in [-0.2, 0) is 0 Å². The number of benzene rings is 1. The Hall–Kier alpha value is -2.59. The smallest absolute Gasteiger partial charge is 0.407 e. The SMILES string of the molecule is NC1CCN(C(=O)O)CC1N(C(=O)c1c(F)cccc1F)c1nccs1. The maximum atomic E-state index is 14.1. The molecule has 3 N–H and O–H groups in total. The molecule has 2 heterocycles. The van der Waals surface area contributed by atoms with Gasteiger partial charge in [0.05, 0.1) is 6.04 Å². The Morgan fingerprint density at radius 1 is 1.35 bits per heavy atom. The summed E-state index contributed by atoms with van der Waals surface area (Å²) >= 11 is 1.10. The van der Waals surface area contributed by atoms with Crippen LogP contribution in [0.4, 0.5) is 18.7 Å². The van der Waals surface area contributed by atoms with Crippen molar-refractivity contribution >= 4 is 28.5 Å². The zero-order valence-electron chi connectivity index (χ0n) is 13.5. The first kappa shape index (κ1) is 18.2. The zero-order chi connectivity index (χ0) is 18.8. The van der Waals surface area contributed by atoms with Crippen LogP contribution in [0.3, 0.4) is 0 Å². The lowest BCUT2D eigenvalue weighted by Gasteiger charge is -2.40. The molecule has 1 aromatic carbocycles. The van der Waals surface area contributed by atoms with Gasteiger partial charge >= 0.3 is 6.09 Å². The Kier molecular flexibility index (Phi) is 5.14. The van der Waals surface area contributed by atoms with Crippen molar-refractivity contribution in [1.82, 2.24) is 9.88 Å². The van der Waals surface area contributed by atoms with Gasteiger partial charge in [-0.15, -0.1) is 11.3 Å². The van der Waals surface area contributed by atoms with Crippen LogP contribution in [0.15, 0.2) is 29.8 Å². The van der Waals surface area contributed by atoms with Crippen molar-refractivity contribution in [2.75, 3.05) is 18.0 Å². The van der Waals surface area contributed by atoms with Crippen LogP contribution in [0, 0.1) is 11.6 Å². The van der Waals surface area contributed by atoms with E-state index in [1.165, 1.54) is 6.20 Å². The maximum Gasteiger partial charge on any atom is 0.407 e. The van der Waals surface area contributed by atoms with Gasteiger partial charge in [0.2, 0.25) is 0 Å². The third-order valence-electron chi connectivity index (χ3n) is 4.26. The third-order valence-corrected chi connectivity index (χ3v) is 5.03. The van der Waals surface area contributed by atoms with Gasteiger partial charge in [0.1, 0.15) is 17.2 Å². The molecule has 1 aliphatic rings. The number of carbonyl (C=O) groups excluding carboxylic acids is 1. The predicted molar refractivity (Wildman–Crippen MR) is 91.3 cm³/mol. The number of rotatable bonds is 3. The van der Waals surface area contributed by atoms with Gasteiger partial charge in [-0.25, -0.2) is 18.6 Å². The monoisotopic (exact) mass is 382 g/mol. The fourth-order valence-electron chi connectivity index (χ4n) is 2.93. The van der Waals surface area contributed by atoms with Crippen molar-refractivity contribution in [3.8, 4) is 0 Å². The van der Waals surface area contributed by atoms with Crippen LogP contribution in [0.25, 0.3) is 0 Å². The van der Waals surface area contributed by atoms with E-state index in [0.29, 0.717) is 6.42 Å². The Bertz CT molecular complexity index is 798. The summed E-state index contributed by atoms with van der Waals surface area (Å²) in [5.74, 6) is -2.95. The van der Waals surface area contributed by atoms with Gasteiger partial charge in [0.25, 0.3) is 5.91 Å². The summed E-state index contributed by atoms with van der Waals surface area (Å²) < 4.78 is 28.3. The molecule has 1 aliphatic heterocycles. The Balaban J connectivity index is 2.03. The molecule has 0 radical (unpaired) electrons. The third kappa shape index (κ3) is 3.37. The summed E-state index contributed by atoms with van der Waals surface area (Å²) in [6.07, 6.45) is 0.609. The van der Waals surface area contributed by atoms with Gasteiger partial charge in [0, 0.05) is 30.7 Å². The van der Waals surface area contributed by atoms with E-state index in [1.54, 1.807) is 5.38 Å². The normalized spacial score (nSPS) is 20.0. The van der Waals surface area contributed by atoms with Crippen molar-refractivity contribution in [3.05, 3.63) is 47.0 Å². The minimum Gasteiger partial charge on any atom is -0.465 e. The fraction of sp³-hybridized carbons (Fsp3) is 0.312. The van der Waals surface area contributed by atoms with Gasteiger partial charge in [-0.2, -0.15) is 0 Å². The molecule has 3 rings (SSSR count). The molecule has 2 aromatic rings. The number of nitrogens with zero attached hydrogens (tertiary/aromatic N) is 3. The van der Waals surface area contributed by atoms with Gasteiger partial charge in [0.15, 0.2) is 5.13 Å². The van der Waals surface area contributed by atoms with Crippen molar-refractivity contribution in [3.63, 3.8) is 0 Å². The number of hydrogen-bond donors (Lipinski definition) is 2. The lowest BCUT2D eigenvalue weighted by Crippen LogP contribution is -2.61. The van der Waals surface area contributed by atoms with Crippen molar-refractivity contribution in [1.29, 1.82) is 0 Å². The largest absolute Gasteiger partial charge is 0.465 e. The van der Waals surface area contributed by atoms with E-state index in [9.17, 15) is 23.5 Å². The molecule has 10 heteroatoms. The van der Waals surface area contributed by atoms with Crippen molar-refractivity contribution in [2.24, 2.45) is 5.73 Å². The van der Waals surface area contributed by atoms with E-state index in [2.05, 4.69) is 4.98 Å². The molecule has 1 fully saturated rings. The van der Waals surface area contributed by atoms with Crippen LogP contribution < -0.4 is 10.6 Å². The van der Waals surface area contributed by atoms with E-state index in [4.69, 9.17) is 5.73 Å². The molecule has 1 aromatic heterocycles. The van der Waals surface area contributed by atoms with Crippen LogP contribution >= 0.6 is 11.3 Å². The van der Waals surface area contributed by atoms with Gasteiger partial charge in [-0.3, -0.25) is 9.69 Å². The summed E-state index contributed by atoms with van der Waals surface area (Å²) in [6, 6.07) is 1.78. The fourth-order valence-corrected chi connectivity index (χ4v) is 3.63. The van der Waals surface area contributed by atoms with Crippen LogP contribution in [-0.4, -0.2) is 52.2 Å². The molecule has 138 valence electrons. The van der Waals surface area contributed by atoms with Crippen LogP contribution in [0.5, 0.6) is 0 Å². The molecular weight excluding hydrogens is 366 g/mol. The molecule has 26 heavy (non-hydrogen) atoms. The molecule has 0 aliphatic carbocycles. The van der Waals surface area contributed by atoms with Gasteiger partial charge < -0.3 is 15.7 Å². The minimum atomic E-state index is -1.15. The number of amides is 2. The molecule has 0 saturated carbocycles. The molecule has 2 atom stereocenters. The second-order valence-electron chi connectivity index (χ2n) is 5.83. The summed E-state index contributed by atoms with van der Waals surface area (Å²) in [7, 11) is 0. The average molecular weight is 382 g/mol. The van der Waals surface area contributed by atoms with E-state index in [1.807, 2.05) is 0 Å². The summed E-state index contributed by atoms with van der Waals surface area (Å²) in [4.78, 5) is 30.6. The molecular formula is C16H16F2N4O3S. The van der Waals surface area contributed by atoms with Gasteiger partial charge in [-0.05, 0) is 18.6 Å². The van der Waals surface area contributed by atoms with E-state index >= 15 is 0 Å². The van der Waals surface area contributed by atoms with E-state index in [0.717, 1.165) is 39.3 Å². The van der Waals surface area contributed by atoms with E-state index in [-0.39, 0.29) is 18.2 Å². The Morgan fingerprint density at radius 2 is 2.04 bits per heavy atom. The van der Waals surface area contributed by atoms with Gasteiger partial charge in [-0.1, -0.05) is 6.07 Å². The summed E-state index contributed by atoms with van der Waals surface area (Å²) in [6.45, 7) is 0.152. The highest BCUT2D eigenvalue weighted by molar-refractivity contribution is 7.13. The lowest BCUT2D eigenvalue weighted by molar-refractivity contribution is 0.0922. The molecule has 1 saturated heterocycles. The average Bonchev–Trinajstić information content (AvgIpc) is 3.10. The number of anilines is 1. The molecule has 7 nitrogen and oxygen atoms in total. The predicted octanol–water partition coefficient (Wildman–Crippen LogP) is 2.15. The molecule has 2 amide bonds. The number of piperidine rings is 1. The number of carbonyl (C=O) groups is 2. The first-order chi connectivity index (χ1) is 12.4. The second-order valence-corrected chi connectivity index (χ2v) is 6.71. The number of hydrogen-bond acceptors (Lipinski definition) is 5. The number of likely N-dealkylation sites (tertiary alicyclic amines) is 1. The lowest BCUT2D eigenvalue weighted by atomic mass is 9.98. The highest BCUT2D eigenvalue weighted by Gasteiger charge is 2.39. The summed E-state index contributed by atoms with van der Waals surface area (Å²) in [5.41, 5.74) is 5.40. The number of nitrogens with two attached hydrogens (primary N) is 1. The standard InChI is InChI=1S/C16H16F2N4O3S/c17-9-2-1-3-10(18)13(9)14(23)22(15-20-5-7-26-15)12-8-21(16(24)25)6-4-11(12)19/h1-3,5,7,11-12H,4,6,8,19H2,(H,24,25). The quantitative estimate of drug-likeness (QED) is 0.847. The van der Waals surface area contributed by atoms with Crippen molar-refractivity contribution < 1.29 is 23.5 Å². The first-order valence-corrected chi connectivity index (χ1v) is 8.68. The topological polar surface area (TPSA) is 99.8 Å². The highest BCUT2D eigenvalue weighted by atomic mass is 32.1.